The molecule has 1 atom stereocenters. The quantitative estimate of drug-likeness (QED) is 0.580. The number of H-pyrrole nitrogens is 1. The van der Waals surface area contributed by atoms with Gasteiger partial charge in [0.2, 0.25) is 0 Å². The number of carbonyl (C=O) groups is 1. The summed E-state index contributed by atoms with van der Waals surface area (Å²) in [6.07, 6.45) is 6.01. The Morgan fingerprint density at radius 1 is 1.39 bits per heavy atom. The Bertz CT molecular complexity index is 934. The number of benzene rings is 1. The van der Waals surface area contributed by atoms with E-state index in [0.717, 1.165) is 26.1 Å². The number of hydrogen-bond donors (Lipinski definition) is 2. The van der Waals surface area contributed by atoms with E-state index in [-0.39, 0.29) is 5.91 Å². The predicted molar refractivity (Wildman–Crippen MR) is 106 cm³/mol. The molecule has 0 aliphatic carbocycles. The highest BCUT2D eigenvalue weighted by Crippen LogP contribution is 2.25. The van der Waals surface area contributed by atoms with Gasteiger partial charge in [-0.3, -0.25) is 14.4 Å². The highest BCUT2D eigenvalue weighted by molar-refractivity contribution is 5.91. The fourth-order valence-corrected chi connectivity index (χ4v) is 3.88. The first kappa shape index (κ1) is 18.6. The van der Waals surface area contributed by atoms with Crippen LogP contribution in [0.25, 0.3) is 10.9 Å². The Kier molecular flexibility index (Phi) is 5.68. The number of fused-ring (bicyclic) bond motifs is 1. The van der Waals surface area contributed by atoms with Gasteiger partial charge in [0.1, 0.15) is 0 Å². The summed E-state index contributed by atoms with van der Waals surface area (Å²) in [4.78, 5) is 17.9. The number of carbonyl (C=O) groups excluding carboxylic acids is 1. The Balaban J connectivity index is 1.39. The van der Waals surface area contributed by atoms with E-state index in [0.29, 0.717) is 24.9 Å². The lowest BCUT2D eigenvalue weighted by Gasteiger charge is -2.24. The minimum Gasteiger partial charge on any atom is -0.383 e. The molecule has 1 aliphatic rings. The van der Waals surface area contributed by atoms with E-state index < -0.39 is 0 Å². The molecule has 1 saturated heterocycles. The van der Waals surface area contributed by atoms with E-state index in [9.17, 15) is 4.79 Å². The number of hydrogen-bond acceptors (Lipinski definition) is 5. The number of rotatable bonds is 8. The molecule has 0 spiro atoms. The third-order valence-electron chi connectivity index (χ3n) is 5.32. The molecule has 1 aliphatic heterocycles. The number of likely N-dealkylation sites (tertiary alicyclic amines) is 1. The molecule has 3 heterocycles. The van der Waals surface area contributed by atoms with Gasteiger partial charge in [0.15, 0.2) is 5.69 Å². The first-order valence-corrected chi connectivity index (χ1v) is 9.71. The zero-order valence-electron chi connectivity index (χ0n) is 16.1. The lowest BCUT2D eigenvalue weighted by molar-refractivity contribution is 0.0932. The van der Waals surface area contributed by atoms with Crippen LogP contribution in [0.2, 0.25) is 0 Å². The van der Waals surface area contributed by atoms with Crippen molar-refractivity contribution in [2.45, 2.75) is 32.0 Å². The van der Waals surface area contributed by atoms with E-state index in [1.807, 2.05) is 6.20 Å². The summed E-state index contributed by atoms with van der Waals surface area (Å²) in [5, 5.41) is 12.2. The fourth-order valence-electron chi connectivity index (χ4n) is 3.88. The summed E-state index contributed by atoms with van der Waals surface area (Å²) in [7, 11) is 1.60. The van der Waals surface area contributed by atoms with Crippen LogP contribution in [0.1, 0.15) is 28.9 Å². The van der Waals surface area contributed by atoms with Crippen molar-refractivity contribution in [3.05, 3.63) is 47.9 Å². The number of aromatic amines is 1. The molecule has 1 aromatic carbocycles. The highest BCUT2D eigenvalue weighted by atomic mass is 16.5. The topological polar surface area (TPSA) is 88.1 Å². The SMILES string of the molecule is COCCNC(=O)c1cn(CC2CCCN2Cc2cccc3[nH]ccc23)nn1. The van der Waals surface area contributed by atoms with Crippen molar-refractivity contribution in [3.63, 3.8) is 0 Å². The molecule has 0 bridgehead atoms. The van der Waals surface area contributed by atoms with Crippen LogP contribution >= 0.6 is 0 Å². The summed E-state index contributed by atoms with van der Waals surface area (Å²) in [6, 6.07) is 8.94. The molecular formula is C20H26N6O2. The predicted octanol–water partition coefficient (Wildman–Crippen LogP) is 1.80. The van der Waals surface area contributed by atoms with Crippen molar-refractivity contribution >= 4 is 16.8 Å². The van der Waals surface area contributed by atoms with E-state index in [4.69, 9.17) is 4.74 Å². The van der Waals surface area contributed by atoms with Crippen LogP contribution in [0.5, 0.6) is 0 Å². The molecule has 8 nitrogen and oxygen atoms in total. The second-order valence-electron chi connectivity index (χ2n) is 7.20. The molecule has 1 amide bonds. The maximum absolute atomic E-state index is 12.1. The van der Waals surface area contributed by atoms with Crippen molar-refractivity contribution in [2.24, 2.45) is 0 Å². The van der Waals surface area contributed by atoms with Gasteiger partial charge in [-0.05, 0) is 37.1 Å². The smallest absolute Gasteiger partial charge is 0.273 e. The molecule has 3 aromatic rings. The number of methoxy groups -OCH3 is 1. The standard InChI is InChI=1S/C20H26N6O2/c1-28-11-9-22-20(27)19-14-26(24-23-19)13-16-5-3-10-25(16)12-15-4-2-6-18-17(15)7-8-21-18/h2,4,6-8,14,16,21H,3,5,9-13H2,1H3,(H,22,27). The lowest BCUT2D eigenvalue weighted by Crippen LogP contribution is -2.32. The average Bonchev–Trinajstić information content (AvgIpc) is 3.44. The maximum atomic E-state index is 12.1. The lowest BCUT2D eigenvalue weighted by atomic mass is 10.1. The maximum Gasteiger partial charge on any atom is 0.273 e. The van der Waals surface area contributed by atoms with Gasteiger partial charge < -0.3 is 15.0 Å². The Hall–Kier alpha value is -2.71. The zero-order chi connectivity index (χ0) is 19.3. The van der Waals surface area contributed by atoms with Crippen LogP contribution in [0.4, 0.5) is 0 Å². The van der Waals surface area contributed by atoms with Gasteiger partial charge in [0.25, 0.3) is 5.91 Å². The first-order chi connectivity index (χ1) is 13.7. The molecule has 8 heteroatoms. The molecule has 1 unspecified atom stereocenters. The number of nitrogens with zero attached hydrogens (tertiary/aromatic N) is 4. The van der Waals surface area contributed by atoms with Gasteiger partial charge in [-0.1, -0.05) is 17.3 Å². The minimum absolute atomic E-state index is 0.217. The Morgan fingerprint density at radius 3 is 3.21 bits per heavy atom. The Morgan fingerprint density at radius 2 is 2.32 bits per heavy atom. The molecule has 2 aromatic heterocycles. The van der Waals surface area contributed by atoms with Gasteiger partial charge >= 0.3 is 0 Å². The molecule has 1 fully saturated rings. The monoisotopic (exact) mass is 382 g/mol. The van der Waals surface area contributed by atoms with E-state index >= 15 is 0 Å². The van der Waals surface area contributed by atoms with E-state index in [1.165, 1.54) is 22.9 Å². The van der Waals surface area contributed by atoms with Crippen molar-refractivity contribution in [1.29, 1.82) is 0 Å². The molecular weight excluding hydrogens is 356 g/mol. The molecule has 4 rings (SSSR count). The Labute approximate surface area is 163 Å². The van der Waals surface area contributed by atoms with Crippen molar-refractivity contribution in [2.75, 3.05) is 26.8 Å². The van der Waals surface area contributed by atoms with Crippen molar-refractivity contribution < 1.29 is 9.53 Å². The molecule has 0 radical (unpaired) electrons. The van der Waals surface area contributed by atoms with Crippen molar-refractivity contribution in [1.82, 2.24) is 30.2 Å². The van der Waals surface area contributed by atoms with Crippen LogP contribution in [-0.4, -0.2) is 63.6 Å². The summed E-state index contributed by atoms with van der Waals surface area (Å²) < 4.78 is 6.72. The second-order valence-corrected chi connectivity index (χ2v) is 7.20. The number of ether oxygens (including phenoxy) is 1. The molecule has 148 valence electrons. The summed E-state index contributed by atoms with van der Waals surface area (Å²) >= 11 is 0. The highest BCUT2D eigenvalue weighted by Gasteiger charge is 2.26. The number of nitrogens with one attached hydrogen (secondary N) is 2. The minimum atomic E-state index is -0.217. The third kappa shape index (κ3) is 4.07. The van der Waals surface area contributed by atoms with Crippen LogP contribution in [0.15, 0.2) is 36.7 Å². The van der Waals surface area contributed by atoms with Crippen LogP contribution < -0.4 is 5.32 Å². The molecule has 28 heavy (non-hydrogen) atoms. The van der Waals surface area contributed by atoms with Crippen LogP contribution in [-0.2, 0) is 17.8 Å². The van der Waals surface area contributed by atoms with Gasteiger partial charge in [-0.15, -0.1) is 5.10 Å². The largest absolute Gasteiger partial charge is 0.383 e. The summed E-state index contributed by atoms with van der Waals surface area (Å²) in [5.41, 5.74) is 2.86. The van der Waals surface area contributed by atoms with Gasteiger partial charge in [0, 0.05) is 43.3 Å². The first-order valence-electron chi connectivity index (χ1n) is 9.71. The fraction of sp³-hybridized carbons (Fsp3) is 0.450. The van der Waals surface area contributed by atoms with Crippen LogP contribution in [0.3, 0.4) is 0 Å². The zero-order valence-corrected chi connectivity index (χ0v) is 16.1. The molecule has 2 N–H and O–H groups in total. The molecule has 0 saturated carbocycles. The van der Waals surface area contributed by atoms with E-state index in [1.54, 1.807) is 18.0 Å². The van der Waals surface area contributed by atoms with Gasteiger partial charge in [0.05, 0.1) is 19.3 Å². The summed E-state index contributed by atoms with van der Waals surface area (Å²) in [5.74, 6) is -0.217. The summed E-state index contributed by atoms with van der Waals surface area (Å²) in [6.45, 7) is 3.67. The number of aromatic nitrogens is 4. The second kappa shape index (κ2) is 8.53. The number of amides is 1. The normalized spacial score (nSPS) is 17.4. The van der Waals surface area contributed by atoms with Gasteiger partial charge in [-0.25, -0.2) is 0 Å². The van der Waals surface area contributed by atoms with Crippen molar-refractivity contribution in [3.8, 4) is 0 Å². The van der Waals surface area contributed by atoms with Crippen LogP contribution in [0, 0.1) is 0 Å². The average molecular weight is 382 g/mol. The third-order valence-corrected chi connectivity index (χ3v) is 5.32. The van der Waals surface area contributed by atoms with E-state index in [2.05, 4.69) is 49.8 Å². The van der Waals surface area contributed by atoms with Gasteiger partial charge in [-0.2, -0.15) is 0 Å².